The van der Waals surface area contributed by atoms with Gasteiger partial charge in [0.15, 0.2) is 4.90 Å². The zero-order chi connectivity index (χ0) is 17.9. The normalized spacial score (nSPS) is 12.6. The van der Waals surface area contributed by atoms with Crippen LogP contribution >= 0.6 is 0 Å². The van der Waals surface area contributed by atoms with E-state index in [4.69, 9.17) is 4.74 Å². The van der Waals surface area contributed by atoms with Gasteiger partial charge < -0.3 is 4.74 Å². The van der Waals surface area contributed by atoms with Crippen molar-refractivity contribution in [2.45, 2.75) is 24.8 Å². The van der Waals surface area contributed by atoms with E-state index in [9.17, 15) is 18.5 Å². The van der Waals surface area contributed by atoms with Gasteiger partial charge in [0, 0.05) is 6.04 Å². The summed E-state index contributed by atoms with van der Waals surface area (Å²) in [4.78, 5) is 10.1. The molecule has 1 unspecified atom stereocenters. The average molecular weight is 350 g/mol. The molecule has 0 saturated heterocycles. The fourth-order valence-corrected chi connectivity index (χ4v) is 3.80. The number of hydrogen-bond acceptors (Lipinski definition) is 5. The van der Waals surface area contributed by atoms with E-state index in [1.807, 2.05) is 31.2 Å². The fraction of sp³-hybridized carbons (Fsp3) is 0.250. The highest BCUT2D eigenvalue weighted by molar-refractivity contribution is 7.89. The van der Waals surface area contributed by atoms with Gasteiger partial charge in [-0.25, -0.2) is 13.1 Å². The molecule has 0 aliphatic carbocycles. The molecule has 0 bridgehead atoms. The Morgan fingerprint density at radius 3 is 2.46 bits per heavy atom. The second-order valence-corrected chi connectivity index (χ2v) is 6.97. The largest absolute Gasteiger partial charge is 0.497 e. The van der Waals surface area contributed by atoms with E-state index < -0.39 is 31.6 Å². The molecule has 0 saturated carbocycles. The SMILES string of the molecule is COc1ccc(S(=O)(=O)NC(C)c2ccccc2C)c([N+](=O)[O-])c1. The third-order valence-corrected chi connectivity index (χ3v) is 5.23. The number of rotatable bonds is 6. The molecule has 2 aromatic carbocycles. The minimum absolute atomic E-state index is 0.215. The summed E-state index contributed by atoms with van der Waals surface area (Å²) in [5.74, 6) is 0.215. The molecule has 8 heteroatoms. The van der Waals surface area contributed by atoms with E-state index in [-0.39, 0.29) is 5.75 Å². The van der Waals surface area contributed by atoms with Crippen molar-refractivity contribution in [1.29, 1.82) is 0 Å². The first kappa shape index (κ1) is 17.9. The van der Waals surface area contributed by atoms with Gasteiger partial charge in [-0.2, -0.15) is 0 Å². The molecular formula is C16H18N2O5S. The van der Waals surface area contributed by atoms with Gasteiger partial charge in [0.05, 0.1) is 18.1 Å². The van der Waals surface area contributed by atoms with Crippen molar-refractivity contribution in [3.8, 4) is 5.75 Å². The van der Waals surface area contributed by atoms with Gasteiger partial charge in [-0.15, -0.1) is 0 Å². The first-order valence-corrected chi connectivity index (χ1v) is 8.65. The molecule has 2 rings (SSSR count). The van der Waals surface area contributed by atoms with Crippen LogP contribution in [0.1, 0.15) is 24.1 Å². The van der Waals surface area contributed by atoms with E-state index in [0.29, 0.717) is 0 Å². The monoisotopic (exact) mass is 350 g/mol. The summed E-state index contributed by atoms with van der Waals surface area (Å²) in [6, 6.07) is 10.5. The van der Waals surface area contributed by atoms with Crippen molar-refractivity contribution in [2.24, 2.45) is 0 Å². The quantitative estimate of drug-likeness (QED) is 0.638. The maximum atomic E-state index is 12.6. The number of nitro benzene ring substituents is 1. The highest BCUT2D eigenvalue weighted by atomic mass is 32.2. The van der Waals surface area contributed by atoms with Gasteiger partial charge in [-0.05, 0) is 37.1 Å². The Kier molecular flexibility index (Phi) is 5.20. The summed E-state index contributed by atoms with van der Waals surface area (Å²) in [6.45, 7) is 3.56. The molecule has 0 fully saturated rings. The van der Waals surface area contributed by atoms with Crippen LogP contribution in [0, 0.1) is 17.0 Å². The van der Waals surface area contributed by atoms with Gasteiger partial charge in [0.2, 0.25) is 10.0 Å². The number of nitrogens with zero attached hydrogens (tertiary/aromatic N) is 1. The highest BCUT2D eigenvalue weighted by Crippen LogP contribution is 2.29. The molecule has 1 atom stereocenters. The first-order valence-electron chi connectivity index (χ1n) is 7.16. The molecular weight excluding hydrogens is 332 g/mol. The second kappa shape index (κ2) is 6.98. The minimum Gasteiger partial charge on any atom is -0.497 e. The molecule has 24 heavy (non-hydrogen) atoms. The summed E-state index contributed by atoms with van der Waals surface area (Å²) in [6.07, 6.45) is 0. The van der Waals surface area contributed by atoms with Crippen LogP contribution in [-0.2, 0) is 10.0 Å². The number of sulfonamides is 1. The zero-order valence-corrected chi connectivity index (χ0v) is 14.3. The first-order chi connectivity index (χ1) is 11.3. The smallest absolute Gasteiger partial charge is 0.293 e. The lowest BCUT2D eigenvalue weighted by molar-refractivity contribution is -0.387. The molecule has 7 nitrogen and oxygen atoms in total. The minimum atomic E-state index is -4.07. The molecule has 0 aliphatic heterocycles. The molecule has 0 aromatic heterocycles. The maximum Gasteiger partial charge on any atom is 0.293 e. The van der Waals surface area contributed by atoms with E-state index in [2.05, 4.69) is 4.72 Å². The van der Waals surface area contributed by atoms with E-state index in [1.165, 1.54) is 19.2 Å². The Morgan fingerprint density at radius 2 is 1.88 bits per heavy atom. The number of nitrogens with one attached hydrogen (secondary N) is 1. The zero-order valence-electron chi connectivity index (χ0n) is 13.5. The summed E-state index contributed by atoms with van der Waals surface area (Å²) in [7, 11) is -2.72. The van der Waals surface area contributed by atoms with Gasteiger partial charge >= 0.3 is 0 Å². The maximum absolute atomic E-state index is 12.6. The van der Waals surface area contributed by atoms with Crippen molar-refractivity contribution in [1.82, 2.24) is 4.72 Å². The summed E-state index contributed by atoms with van der Waals surface area (Å²) in [5, 5.41) is 11.2. The molecule has 0 amide bonds. The number of benzene rings is 2. The summed E-state index contributed by atoms with van der Waals surface area (Å²) in [5.41, 5.74) is 1.20. The average Bonchev–Trinajstić information content (AvgIpc) is 2.54. The van der Waals surface area contributed by atoms with Crippen LogP contribution < -0.4 is 9.46 Å². The standard InChI is InChI=1S/C16H18N2O5S/c1-11-6-4-5-7-14(11)12(2)17-24(21,22)16-9-8-13(23-3)10-15(16)18(19)20/h4-10,12,17H,1-3H3. The Labute approximate surface area is 140 Å². The van der Waals surface area contributed by atoms with Crippen molar-refractivity contribution >= 4 is 15.7 Å². The third kappa shape index (κ3) is 3.72. The molecule has 128 valence electrons. The van der Waals surface area contributed by atoms with Crippen LogP contribution in [0.3, 0.4) is 0 Å². The summed E-state index contributed by atoms with van der Waals surface area (Å²) < 4.78 is 32.6. The van der Waals surface area contributed by atoms with Gasteiger partial charge in [0.25, 0.3) is 5.69 Å². The van der Waals surface area contributed by atoms with E-state index in [0.717, 1.165) is 17.2 Å². The van der Waals surface area contributed by atoms with Crippen LogP contribution in [0.5, 0.6) is 5.75 Å². The number of methoxy groups -OCH3 is 1. The van der Waals surface area contributed by atoms with Gasteiger partial charge in [0.1, 0.15) is 5.75 Å². The topological polar surface area (TPSA) is 98.5 Å². The third-order valence-electron chi connectivity index (χ3n) is 3.64. The molecule has 2 aromatic rings. The Balaban J connectivity index is 2.41. The predicted molar refractivity (Wildman–Crippen MR) is 89.6 cm³/mol. The molecule has 1 N–H and O–H groups in total. The van der Waals surface area contributed by atoms with Gasteiger partial charge in [-0.3, -0.25) is 10.1 Å². The van der Waals surface area contributed by atoms with Crippen molar-refractivity contribution in [3.63, 3.8) is 0 Å². The lowest BCUT2D eigenvalue weighted by Crippen LogP contribution is -2.28. The lowest BCUT2D eigenvalue weighted by atomic mass is 10.0. The number of hydrogen-bond donors (Lipinski definition) is 1. The summed E-state index contributed by atoms with van der Waals surface area (Å²) >= 11 is 0. The molecule has 0 heterocycles. The highest BCUT2D eigenvalue weighted by Gasteiger charge is 2.28. The van der Waals surface area contributed by atoms with Crippen molar-refractivity contribution in [2.75, 3.05) is 7.11 Å². The van der Waals surface area contributed by atoms with Crippen molar-refractivity contribution in [3.05, 3.63) is 63.7 Å². The van der Waals surface area contributed by atoms with Gasteiger partial charge in [-0.1, -0.05) is 24.3 Å². The van der Waals surface area contributed by atoms with Crippen LogP contribution in [0.4, 0.5) is 5.69 Å². The van der Waals surface area contributed by atoms with Crippen LogP contribution in [0.25, 0.3) is 0 Å². The molecule has 0 spiro atoms. The Bertz CT molecular complexity index is 865. The van der Waals surface area contributed by atoms with Crippen LogP contribution in [0.2, 0.25) is 0 Å². The van der Waals surface area contributed by atoms with Crippen LogP contribution in [-0.4, -0.2) is 20.5 Å². The van der Waals surface area contributed by atoms with E-state index in [1.54, 1.807) is 6.92 Å². The van der Waals surface area contributed by atoms with E-state index >= 15 is 0 Å². The van der Waals surface area contributed by atoms with Crippen molar-refractivity contribution < 1.29 is 18.1 Å². The number of nitro groups is 1. The fourth-order valence-electron chi connectivity index (χ4n) is 2.43. The second-order valence-electron chi connectivity index (χ2n) is 5.29. The molecule has 0 radical (unpaired) electrons. The molecule has 0 aliphatic rings. The Hall–Kier alpha value is -2.45. The Morgan fingerprint density at radius 1 is 1.21 bits per heavy atom. The number of ether oxygens (including phenoxy) is 1. The predicted octanol–water partition coefficient (Wildman–Crippen LogP) is 2.95. The number of aryl methyl sites for hydroxylation is 1. The lowest BCUT2D eigenvalue weighted by Gasteiger charge is -2.17. The van der Waals surface area contributed by atoms with Crippen LogP contribution in [0.15, 0.2) is 47.4 Å².